The Bertz CT molecular complexity index is 56.1. The van der Waals surface area contributed by atoms with Crippen molar-refractivity contribution in [2.24, 2.45) is 0 Å². The van der Waals surface area contributed by atoms with Crippen LogP contribution in [0.25, 0.3) is 0 Å². The first-order valence-corrected chi connectivity index (χ1v) is 6.38. The van der Waals surface area contributed by atoms with Crippen molar-refractivity contribution in [2.75, 3.05) is 0 Å². The third kappa shape index (κ3) is 28.4. The van der Waals surface area contributed by atoms with Crippen molar-refractivity contribution in [1.82, 2.24) is 0 Å². The number of rotatable bonds is 3. The topological polar surface area (TPSA) is 0 Å². The van der Waals surface area contributed by atoms with E-state index in [-0.39, 0.29) is 15.9 Å². The molecule has 0 aliphatic heterocycles. The summed E-state index contributed by atoms with van der Waals surface area (Å²) in [4.78, 5) is 0. The Kier molecular flexibility index (Phi) is 21.9. The van der Waals surface area contributed by atoms with Gasteiger partial charge in [0, 0.05) is 0 Å². The van der Waals surface area contributed by atoms with Gasteiger partial charge in [-0.15, -0.1) is 13.2 Å². The molecule has 0 aromatic carbocycles. The Labute approximate surface area is 73.0 Å². The molecule has 0 N–H and O–H groups in total. The summed E-state index contributed by atoms with van der Waals surface area (Å²) in [6, 6.07) is 0. The van der Waals surface area contributed by atoms with E-state index in [1.165, 1.54) is 0 Å². The van der Waals surface area contributed by atoms with Crippen molar-refractivity contribution >= 4 is 19.1 Å². The summed E-state index contributed by atoms with van der Waals surface area (Å²) in [7, 11) is 9.63. The van der Waals surface area contributed by atoms with Gasteiger partial charge in [-0.05, 0) is 12.8 Å². The third-order valence-corrected chi connectivity index (χ3v) is 0.575. The molecule has 0 spiro atoms. The zero-order valence-electron chi connectivity index (χ0n) is 5.06. The van der Waals surface area contributed by atoms with Gasteiger partial charge in [0.05, 0.1) is 0 Å². The Morgan fingerprint density at radius 1 is 1.11 bits per heavy atom. The zero-order chi connectivity index (χ0) is 7.54. The second-order valence-electron chi connectivity index (χ2n) is 1.20. The molecule has 0 saturated carbocycles. The Hall–Kier alpha value is 0.722. The molecule has 0 rings (SSSR count). The fraction of sp³-hybridized carbons (Fsp3) is 0.333. The van der Waals surface area contributed by atoms with Crippen LogP contribution in [0.4, 0.5) is 0 Å². The molecule has 0 aliphatic carbocycles. The van der Waals surface area contributed by atoms with Crippen molar-refractivity contribution in [1.29, 1.82) is 0 Å². The predicted octanol–water partition coefficient (Wildman–Crippen LogP) is 3.52. The summed E-state index contributed by atoms with van der Waals surface area (Å²) < 4.78 is 0. The van der Waals surface area contributed by atoms with E-state index in [1.54, 1.807) is 0 Å². The second-order valence-corrected chi connectivity index (χ2v) is 3.56. The van der Waals surface area contributed by atoms with Crippen LogP contribution < -0.4 is 0 Å². The Morgan fingerprint density at radius 2 is 1.33 bits per heavy atom. The fourth-order valence-corrected chi connectivity index (χ4v) is 0.236. The van der Waals surface area contributed by atoms with E-state index in [0.29, 0.717) is 0 Å². The molecule has 0 saturated heterocycles. The standard InChI is InChI=1S/C6H10.2ClH.Pd/c1-3-5-6-4-2;;;/h3-4H,1-2,5-6H2;2*1H;/q;;;+2/p-2. The molecular formula is C6H10Cl2Pd. The van der Waals surface area contributed by atoms with E-state index in [4.69, 9.17) is 19.1 Å². The molecule has 3 heteroatoms. The molecule has 0 aliphatic rings. The normalized spacial score (nSPS) is 7.33. The number of hydrogen-bond donors (Lipinski definition) is 0. The molecule has 58 valence electrons. The molecule has 0 radical (unpaired) electrons. The molecule has 0 bridgehead atoms. The van der Waals surface area contributed by atoms with Gasteiger partial charge in [-0.25, -0.2) is 0 Å². The number of hydrogen-bond acceptors (Lipinski definition) is 0. The van der Waals surface area contributed by atoms with Gasteiger partial charge in [0.15, 0.2) is 0 Å². The third-order valence-electron chi connectivity index (χ3n) is 0.575. The average molecular weight is 259 g/mol. The van der Waals surface area contributed by atoms with Gasteiger partial charge in [-0.1, -0.05) is 12.2 Å². The summed E-state index contributed by atoms with van der Waals surface area (Å²) in [5.74, 6) is 0. The van der Waals surface area contributed by atoms with E-state index in [1.807, 2.05) is 12.2 Å². The van der Waals surface area contributed by atoms with Crippen LogP contribution in [0.3, 0.4) is 0 Å². The Balaban J connectivity index is 0. The summed E-state index contributed by atoms with van der Waals surface area (Å²) in [5.41, 5.74) is 0. The molecule has 0 aromatic heterocycles. The minimum absolute atomic E-state index is 0.106. The molecular weight excluding hydrogens is 249 g/mol. The summed E-state index contributed by atoms with van der Waals surface area (Å²) in [6.45, 7) is 7.10. The maximum absolute atomic E-state index is 4.81. The van der Waals surface area contributed by atoms with Gasteiger partial charge in [0.2, 0.25) is 0 Å². The van der Waals surface area contributed by atoms with E-state index in [2.05, 4.69) is 13.2 Å². The van der Waals surface area contributed by atoms with E-state index in [9.17, 15) is 0 Å². The van der Waals surface area contributed by atoms with Crippen LogP contribution in [0.2, 0.25) is 0 Å². The van der Waals surface area contributed by atoms with Crippen LogP contribution in [0, 0.1) is 0 Å². The predicted molar refractivity (Wildman–Crippen MR) is 41.3 cm³/mol. The first-order valence-electron chi connectivity index (χ1n) is 2.37. The SMILES string of the molecule is C=CCCC=C.[Cl][Pd][Cl]. The van der Waals surface area contributed by atoms with Crippen molar-refractivity contribution in [2.45, 2.75) is 12.8 Å². The first kappa shape index (κ1) is 12.4. The van der Waals surface area contributed by atoms with Crippen molar-refractivity contribution < 1.29 is 15.9 Å². The minimum atomic E-state index is -0.106. The van der Waals surface area contributed by atoms with Crippen LogP contribution in [0.5, 0.6) is 0 Å². The van der Waals surface area contributed by atoms with E-state index >= 15 is 0 Å². The van der Waals surface area contributed by atoms with Gasteiger partial charge < -0.3 is 0 Å². The van der Waals surface area contributed by atoms with Crippen LogP contribution in [0.15, 0.2) is 25.3 Å². The molecule has 0 heterocycles. The van der Waals surface area contributed by atoms with Crippen LogP contribution >= 0.6 is 19.1 Å². The molecule has 0 nitrogen and oxygen atoms in total. The van der Waals surface area contributed by atoms with Gasteiger partial charge in [0.1, 0.15) is 0 Å². The first-order chi connectivity index (χ1) is 4.33. The second kappa shape index (κ2) is 15.9. The van der Waals surface area contributed by atoms with Gasteiger partial charge in [0.25, 0.3) is 0 Å². The van der Waals surface area contributed by atoms with Crippen molar-refractivity contribution in [3.63, 3.8) is 0 Å². The number of halogens is 2. The van der Waals surface area contributed by atoms with Gasteiger partial charge >= 0.3 is 35.0 Å². The summed E-state index contributed by atoms with van der Waals surface area (Å²) in [5, 5.41) is 0. The molecule has 0 unspecified atom stereocenters. The summed E-state index contributed by atoms with van der Waals surface area (Å²) in [6.07, 6.45) is 5.90. The fourth-order valence-electron chi connectivity index (χ4n) is 0.236. The van der Waals surface area contributed by atoms with Gasteiger partial charge in [-0.3, -0.25) is 0 Å². The van der Waals surface area contributed by atoms with E-state index < -0.39 is 0 Å². The van der Waals surface area contributed by atoms with Crippen LogP contribution in [0.1, 0.15) is 12.8 Å². The molecule has 0 fully saturated rings. The maximum atomic E-state index is 4.81. The Morgan fingerprint density at radius 3 is 1.44 bits per heavy atom. The zero-order valence-corrected chi connectivity index (χ0v) is 8.12. The summed E-state index contributed by atoms with van der Waals surface area (Å²) >= 11 is -0.106. The molecule has 9 heavy (non-hydrogen) atoms. The van der Waals surface area contributed by atoms with E-state index in [0.717, 1.165) is 12.8 Å². The van der Waals surface area contributed by atoms with Crippen LogP contribution in [-0.2, 0) is 15.9 Å². The number of allylic oxidation sites excluding steroid dienone is 2. The van der Waals surface area contributed by atoms with Crippen molar-refractivity contribution in [3.05, 3.63) is 25.3 Å². The molecule has 0 amide bonds. The number of unbranched alkanes of at least 4 members (excludes halogenated alkanes) is 1. The van der Waals surface area contributed by atoms with Gasteiger partial charge in [-0.2, -0.15) is 0 Å². The molecule has 0 aromatic rings. The monoisotopic (exact) mass is 258 g/mol. The quantitative estimate of drug-likeness (QED) is 0.413. The molecule has 0 atom stereocenters. The van der Waals surface area contributed by atoms with Crippen LogP contribution in [-0.4, -0.2) is 0 Å². The van der Waals surface area contributed by atoms with Crippen molar-refractivity contribution in [3.8, 4) is 0 Å². The average Bonchev–Trinajstić information content (AvgIpc) is 1.86.